The molecule has 0 atom stereocenters. The second-order valence-electron chi connectivity index (χ2n) is 5.02. The monoisotopic (exact) mass is 330 g/mol. The smallest absolute Gasteiger partial charge is 0.323 e. The number of carbonyl (C=O) groups excluding carboxylic acids is 2. The molecule has 0 aromatic heterocycles. The normalized spacial score (nSPS) is 13.6. The molecular formula is C16H15ClN4O2. The minimum Gasteiger partial charge on any atom is -0.336 e. The van der Waals surface area contributed by atoms with E-state index in [1.54, 1.807) is 47.4 Å². The molecule has 1 saturated heterocycles. The number of amides is 4. The second kappa shape index (κ2) is 6.58. The van der Waals surface area contributed by atoms with Crippen LogP contribution in [0.5, 0.6) is 0 Å². The van der Waals surface area contributed by atoms with Gasteiger partial charge in [-0.2, -0.15) is 0 Å². The van der Waals surface area contributed by atoms with Crippen LogP contribution in [0, 0.1) is 0 Å². The van der Waals surface area contributed by atoms with Gasteiger partial charge >= 0.3 is 12.1 Å². The number of hydrogen-bond donors (Lipinski definition) is 3. The van der Waals surface area contributed by atoms with Crippen molar-refractivity contribution < 1.29 is 9.59 Å². The predicted molar refractivity (Wildman–Crippen MR) is 91.3 cm³/mol. The van der Waals surface area contributed by atoms with Gasteiger partial charge in [-0.15, -0.1) is 0 Å². The van der Waals surface area contributed by atoms with Crippen LogP contribution in [0.1, 0.15) is 0 Å². The van der Waals surface area contributed by atoms with Crippen molar-refractivity contribution in [3.63, 3.8) is 0 Å². The number of rotatable bonds is 3. The first-order valence-electron chi connectivity index (χ1n) is 7.11. The number of urea groups is 2. The summed E-state index contributed by atoms with van der Waals surface area (Å²) in [5.41, 5.74) is 1.99. The van der Waals surface area contributed by atoms with E-state index in [4.69, 9.17) is 11.6 Å². The van der Waals surface area contributed by atoms with Crippen molar-refractivity contribution in [1.29, 1.82) is 0 Å². The molecule has 3 N–H and O–H groups in total. The number of anilines is 3. The Hall–Kier alpha value is -2.73. The number of halogens is 1. The average molecular weight is 331 g/mol. The van der Waals surface area contributed by atoms with Gasteiger partial charge in [-0.05, 0) is 42.5 Å². The van der Waals surface area contributed by atoms with Crippen LogP contribution in [-0.4, -0.2) is 25.2 Å². The number of benzene rings is 2. The quantitative estimate of drug-likeness (QED) is 0.805. The molecule has 0 aliphatic carbocycles. The molecule has 0 spiro atoms. The van der Waals surface area contributed by atoms with Crippen LogP contribution in [0.15, 0.2) is 48.5 Å². The lowest BCUT2D eigenvalue weighted by Gasteiger charge is -2.15. The van der Waals surface area contributed by atoms with E-state index in [0.717, 1.165) is 5.69 Å². The highest BCUT2D eigenvalue weighted by atomic mass is 35.5. The Labute approximate surface area is 138 Å². The van der Waals surface area contributed by atoms with Crippen LogP contribution >= 0.6 is 11.6 Å². The van der Waals surface area contributed by atoms with E-state index in [1.807, 2.05) is 6.07 Å². The fourth-order valence-corrected chi connectivity index (χ4v) is 2.42. The third-order valence-corrected chi connectivity index (χ3v) is 3.63. The summed E-state index contributed by atoms with van der Waals surface area (Å²) in [6.07, 6.45) is 0. The maximum Gasteiger partial charge on any atom is 0.323 e. The number of hydrogen-bond acceptors (Lipinski definition) is 2. The first-order chi connectivity index (χ1) is 11.1. The van der Waals surface area contributed by atoms with Gasteiger partial charge in [0.25, 0.3) is 0 Å². The molecule has 0 saturated carbocycles. The van der Waals surface area contributed by atoms with E-state index in [-0.39, 0.29) is 12.1 Å². The summed E-state index contributed by atoms with van der Waals surface area (Å²) in [6, 6.07) is 13.5. The highest BCUT2D eigenvalue weighted by Gasteiger charge is 2.21. The molecule has 2 aromatic carbocycles. The van der Waals surface area contributed by atoms with Gasteiger partial charge in [0.1, 0.15) is 0 Å². The van der Waals surface area contributed by atoms with Crippen LogP contribution in [0.2, 0.25) is 5.02 Å². The Balaban J connectivity index is 1.66. The minimum absolute atomic E-state index is 0.132. The maximum absolute atomic E-state index is 12.0. The Morgan fingerprint density at radius 3 is 2.52 bits per heavy atom. The fraction of sp³-hybridized carbons (Fsp3) is 0.125. The van der Waals surface area contributed by atoms with Gasteiger partial charge in [0.05, 0.1) is 0 Å². The van der Waals surface area contributed by atoms with Gasteiger partial charge in [0, 0.05) is 35.2 Å². The van der Waals surface area contributed by atoms with Gasteiger partial charge in [0.2, 0.25) is 0 Å². The van der Waals surface area contributed by atoms with Crippen molar-refractivity contribution >= 4 is 40.7 Å². The lowest BCUT2D eigenvalue weighted by atomic mass is 10.2. The van der Waals surface area contributed by atoms with Crippen LogP contribution in [0.3, 0.4) is 0 Å². The van der Waals surface area contributed by atoms with Crippen LogP contribution in [0.25, 0.3) is 0 Å². The van der Waals surface area contributed by atoms with E-state index in [9.17, 15) is 9.59 Å². The van der Waals surface area contributed by atoms with E-state index in [2.05, 4.69) is 16.0 Å². The minimum atomic E-state index is -0.365. The molecule has 7 heteroatoms. The molecule has 23 heavy (non-hydrogen) atoms. The zero-order valence-corrected chi connectivity index (χ0v) is 12.9. The average Bonchev–Trinajstić information content (AvgIpc) is 2.96. The summed E-state index contributed by atoms with van der Waals surface area (Å²) in [6.45, 7) is 1.23. The molecule has 4 amide bonds. The van der Waals surface area contributed by atoms with E-state index >= 15 is 0 Å². The Morgan fingerprint density at radius 2 is 1.83 bits per heavy atom. The van der Waals surface area contributed by atoms with Crippen molar-refractivity contribution in [3.05, 3.63) is 53.6 Å². The van der Waals surface area contributed by atoms with Gasteiger partial charge in [-0.3, -0.25) is 4.90 Å². The van der Waals surface area contributed by atoms with Crippen molar-refractivity contribution in [2.24, 2.45) is 0 Å². The molecule has 1 heterocycles. The third-order valence-electron chi connectivity index (χ3n) is 3.37. The lowest BCUT2D eigenvalue weighted by molar-refractivity contribution is 0.252. The van der Waals surface area contributed by atoms with Gasteiger partial charge < -0.3 is 16.0 Å². The van der Waals surface area contributed by atoms with Crippen molar-refractivity contribution in [3.8, 4) is 0 Å². The van der Waals surface area contributed by atoms with Gasteiger partial charge in [0.15, 0.2) is 0 Å². The third kappa shape index (κ3) is 3.73. The van der Waals surface area contributed by atoms with Crippen LogP contribution in [-0.2, 0) is 0 Å². The Bertz CT molecular complexity index is 733. The Morgan fingerprint density at radius 1 is 1.09 bits per heavy atom. The highest BCUT2D eigenvalue weighted by molar-refractivity contribution is 6.30. The topological polar surface area (TPSA) is 73.5 Å². The van der Waals surface area contributed by atoms with Crippen molar-refractivity contribution in [2.45, 2.75) is 0 Å². The van der Waals surface area contributed by atoms with Crippen molar-refractivity contribution in [2.75, 3.05) is 28.6 Å². The molecular weight excluding hydrogens is 316 g/mol. The van der Waals surface area contributed by atoms with Crippen LogP contribution in [0.4, 0.5) is 26.7 Å². The molecule has 1 fully saturated rings. The van der Waals surface area contributed by atoms with Crippen LogP contribution < -0.4 is 20.9 Å². The maximum atomic E-state index is 12.0. The first-order valence-corrected chi connectivity index (χ1v) is 7.48. The molecule has 0 unspecified atom stereocenters. The number of nitrogens with one attached hydrogen (secondary N) is 3. The molecule has 1 aliphatic rings. The number of nitrogens with zero attached hydrogens (tertiary/aromatic N) is 1. The molecule has 6 nitrogen and oxygen atoms in total. The molecule has 1 aliphatic heterocycles. The van der Waals surface area contributed by atoms with Gasteiger partial charge in [-0.1, -0.05) is 17.7 Å². The zero-order valence-electron chi connectivity index (χ0n) is 12.2. The largest absolute Gasteiger partial charge is 0.336 e. The molecule has 3 rings (SSSR count). The van der Waals surface area contributed by atoms with Gasteiger partial charge in [-0.25, -0.2) is 9.59 Å². The molecule has 118 valence electrons. The molecule has 0 radical (unpaired) electrons. The zero-order chi connectivity index (χ0) is 16.2. The molecule has 2 aromatic rings. The second-order valence-corrected chi connectivity index (χ2v) is 5.46. The van der Waals surface area contributed by atoms with E-state index in [1.165, 1.54) is 0 Å². The predicted octanol–water partition coefficient (Wildman–Crippen LogP) is 3.51. The Kier molecular flexibility index (Phi) is 4.34. The lowest BCUT2D eigenvalue weighted by Crippen LogP contribution is -2.27. The van der Waals surface area contributed by atoms with E-state index in [0.29, 0.717) is 29.5 Å². The summed E-state index contributed by atoms with van der Waals surface area (Å²) in [4.78, 5) is 25.3. The first kappa shape index (κ1) is 15.2. The summed E-state index contributed by atoms with van der Waals surface area (Å²) in [5, 5.41) is 8.80. The fourth-order valence-electron chi connectivity index (χ4n) is 2.30. The van der Waals surface area contributed by atoms with Crippen molar-refractivity contribution in [1.82, 2.24) is 5.32 Å². The molecule has 0 bridgehead atoms. The SMILES string of the molecule is O=C(Nc1ccc(Cl)cc1)Nc1cccc(N2CCNC2=O)c1. The summed E-state index contributed by atoms with van der Waals surface area (Å²) in [7, 11) is 0. The van der Waals surface area contributed by atoms with E-state index < -0.39 is 0 Å². The summed E-state index contributed by atoms with van der Waals surface area (Å²) in [5.74, 6) is 0. The number of carbonyl (C=O) groups is 2. The summed E-state index contributed by atoms with van der Waals surface area (Å²) >= 11 is 5.80. The highest BCUT2D eigenvalue weighted by Crippen LogP contribution is 2.21. The summed E-state index contributed by atoms with van der Waals surface area (Å²) < 4.78 is 0. The standard InChI is InChI=1S/C16H15ClN4O2/c17-11-4-6-12(7-5-11)19-15(22)20-13-2-1-3-14(10-13)21-9-8-18-16(21)23/h1-7,10H,8-9H2,(H,18,23)(H2,19,20,22).